The minimum Gasteiger partial charge on any atom is -0.437 e. The Morgan fingerprint density at radius 2 is 1.48 bits per heavy atom. The summed E-state index contributed by atoms with van der Waals surface area (Å²) >= 11 is 0. The molecule has 5 amide bonds. The molecule has 3 aromatic rings. The number of nitrogens with zero attached hydrogens (tertiary/aromatic N) is 3. The highest BCUT2D eigenvalue weighted by Crippen LogP contribution is 2.34. The number of ether oxygens (including phenoxy) is 1. The van der Waals surface area contributed by atoms with E-state index >= 15 is 0 Å². The first-order valence-electron chi connectivity index (χ1n) is 8.57. The van der Waals surface area contributed by atoms with Gasteiger partial charge in [-0.25, -0.2) is 14.7 Å². The molecule has 0 radical (unpaired) electrons. The van der Waals surface area contributed by atoms with Crippen LogP contribution in [0.3, 0.4) is 0 Å². The van der Waals surface area contributed by atoms with Crippen molar-refractivity contribution in [2.45, 2.75) is 0 Å². The first-order valence-corrected chi connectivity index (χ1v) is 8.57. The van der Waals surface area contributed by atoms with Gasteiger partial charge in [-0.2, -0.15) is 4.90 Å². The van der Waals surface area contributed by atoms with Gasteiger partial charge in [0.1, 0.15) is 0 Å². The lowest BCUT2D eigenvalue weighted by molar-refractivity contribution is -0.138. The van der Waals surface area contributed by atoms with E-state index in [4.69, 9.17) is 4.74 Å². The Morgan fingerprint density at radius 3 is 2.21 bits per heavy atom. The molecule has 8 heteroatoms. The Bertz CT molecular complexity index is 1120. The summed E-state index contributed by atoms with van der Waals surface area (Å²) in [5.74, 6) is -2.87. The average molecular weight is 387 g/mol. The van der Waals surface area contributed by atoms with Crippen molar-refractivity contribution < 1.29 is 23.9 Å². The first kappa shape index (κ1) is 18.1. The molecule has 0 N–H and O–H groups in total. The molecule has 2 aromatic carbocycles. The van der Waals surface area contributed by atoms with E-state index in [1.165, 1.54) is 30.5 Å². The molecule has 1 aliphatic rings. The largest absolute Gasteiger partial charge is 0.437 e. The number of rotatable bonds is 4. The van der Waals surface area contributed by atoms with Crippen LogP contribution < -0.4 is 9.64 Å². The Morgan fingerprint density at radius 1 is 0.793 bits per heavy atom. The van der Waals surface area contributed by atoms with Crippen molar-refractivity contribution >= 4 is 29.4 Å². The Kier molecular flexibility index (Phi) is 4.58. The van der Waals surface area contributed by atoms with Crippen LogP contribution in [0.2, 0.25) is 0 Å². The third kappa shape index (κ3) is 3.23. The Balaban J connectivity index is 1.70. The van der Waals surface area contributed by atoms with E-state index in [-0.39, 0.29) is 22.9 Å². The van der Waals surface area contributed by atoms with Crippen molar-refractivity contribution in [1.29, 1.82) is 0 Å². The van der Waals surface area contributed by atoms with Crippen molar-refractivity contribution in [2.75, 3.05) is 4.90 Å². The molecule has 142 valence electrons. The van der Waals surface area contributed by atoms with Crippen molar-refractivity contribution in [3.63, 3.8) is 0 Å². The molecule has 0 spiro atoms. The fourth-order valence-corrected chi connectivity index (χ4v) is 2.81. The summed E-state index contributed by atoms with van der Waals surface area (Å²) in [7, 11) is 0. The molecule has 0 saturated carbocycles. The summed E-state index contributed by atoms with van der Waals surface area (Å²) < 4.78 is 5.66. The number of benzene rings is 2. The topological polar surface area (TPSA) is 96.9 Å². The lowest BCUT2D eigenvalue weighted by atomic mass is 10.2. The van der Waals surface area contributed by atoms with Crippen LogP contribution in [0.5, 0.6) is 11.6 Å². The van der Waals surface area contributed by atoms with Gasteiger partial charge in [-0.3, -0.25) is 14.4 Å². The van der Waals surface area contributed by atoms with Crippen molar-refractivity contribution in [3.8, 4) is 11.6 Å². The number of carbonyl (C=O) groups is 4. The number of pyridine rings is 1. The van der Waals surface area contributed by atoms with Crippen LogP contribution >= 0.6 is 0 Å². The van der Waals surface area contributed by atoms with Crippen LogP contribution in [0.15, 0.2) is 79.0 Å². The molecule has 1 aromatic heterocycles. The van der Waals surface area contributed by atoms with Crippen LogP contribution in [-0.4, -0.2) is 33.6 Å². The molecule has 8 nitrogen and oxygen atoms in total. The molecular weight excluding hydrogens is 374 g/mol. The molecule has 1 fully saturated rings. The second-order valence-electron chi connectivity index (χ2n) is 5.97. The first-order chi connectivity index (χ1) is 14.1. The zero-order valence-corrected chi connectivity index (χ0v) is 14.9. The van der Waals surface area contributed by atoms with E-state index in [1.54, 1.807) is 48.5 Å². The summed E-state index contributed by atoms with van der Waals surface area (Å²) in [4.78, 5) is 55.5. The number of hydrogen-bond acceptors (Lipinski definition) is 6. The number of amides is 5. The summed E-state index contributed by atoms with van der Waals surface area (Å²) in [5.41, 5.74) is 0.145. The van der Waals surface area contributed by atoms with Crippen molar-refractivity contribution in [3.05, 3.63) is 84.6 Å². The van der Waals surface area contributed by atoms with Gasteiger partial charge in [0.2, 0.25) is 5.88 Å². The average Bonchev–Trinajstić information content (AvgIpc) is 2.98. The summed E-state index contributed by atoms with van der Waals surface area (Å²) in [5, 5.41) is 0. The highest BCUT2D eigenvalue weighted by molar-refractivity contribution is 6.56. The Hall–Kier alpha value is -4.33. The van der Waals surface area contributed by atoms with Gasteiger partial charge < -0.3 is 4.74 Å². The molecule has 0 unspecified atom stereocenters. The Labute approximate surface area is 164 Å². The van der Waals surface area contributed by atoms with E-state index in [1.807, 2.05) is 0 Å². The van der Waals surface area contributed by atoms with Crippen molar-refractivity contribution in [1.82, 2.24) is 9.88 Å². The number of para-hydroxylation sites is 2. The quantitative estimate of drug-likeness (QED) is 0.388. The van der Waals surface area contributed by atoms with Gasteiger partial charge in [0, 0.05) is 17.8 Å². The van der Waals surface area contributed by atoms with Crippen LogP contribution in [0, 0.1) is 0 Å². The van der Waals surface area contributed by atoms with Crippen molar-refractivity contribution in [2.24, 2.45) is 0 Å². The van der Waals surface area contributed by atoms with Crippen LogP contribution in [0.1, 0.15) is 10.4 Å². The van der Waals surface area contributed by atoms with E-state index in [0.717, 1.165) is 0 Å². The van der Waals surface area contributed by atoms with E-state index in [2.05, 4.69) is 4.98 Å². The number of aromatic nitrogens is 1. The summed E-state index contributed by atoms with van der Waals surface area (Å²) in [6, 6.07) is 17.9. The maximum absolute atomic E-state index is 12.9. The SMILES string of the molecule is O=C1C(=O)N(c2ccccc2Oc2ccccn2)C(=O)N1C(=O)c1ccccc1. The molecule has 29 heavy (non-hydrogen) atoms. The van der Waals surface area contributed by atoms with Gasteiger partial charge in [0.15, 0.2) is 5.75 Å². The minimum absolute atomic E-state index is 0.0323. The van der Waals surface area contributed by atoms with E-state index in [9.17, 15) is 19.2 Å². The lowest BCUT2D eigenvalue weighted by Crippen LogP contribution is -2.38. The maximum atomic E-state index is 12.9. The lowest BCUT2D eigenvalue weighted by Gasteiger charge is -2.17. The van der Waals surface area contributed by atoms with Crippen LogP contribution in [-0.2, 0) is 9.59 Å². The van der Waals surface area contributed by atoms with E-state index < -0.39 is 23.8 Å². The highest BCUT2D eigenvalue weighted by atomic mass is 16.5. The minimum atomic E-state index is -1.23. The van der Waals surface area contributed by atoms with Crippen LogP contribution in [0.4, 0.5) is 10.5 Å². The van der Waals surface area contributed by atoms with Gasteiger partial charge in [0.25, 0.3) is 5.91 Å². The molecule has 0 bridgehead atoms. The highest BCUT2D eigenvalue weighted by Gasteiger charge is 2.49. The molecule has 1 aliphatic heterocycles. The number of carbonyl (C=O) groups excluding carboxylic acids is 4. The molecule has 0 atom stereocenters. The summed E-state index contributed by atoms with van der Waals surface area (Å²) in [6.07, 6.45) is 1.52. The molecular formula is C21H13N3O5. The van der Waals surface area contributed by atoms with Gasteiger partial charge in [-0.1, -0.05) is 36.4 Å². The molecule has 0 aliphatic carbocycles. The number of hydrogen-bond donors (Lipinski definition) is 0. The third-order valence-electron chi connectivity index (χ3n) is 4.15. The fourth-order valence-electron chi connectivity index (χ4n) is 2.81. The second-order valence-corrected chi connectivity index (χ2v) is 5.97. The van der Waals surface area contributed by atoms with E-state index in [0.29, 0.717) is 9.80 Å². The molecule has 4 rings (SSSR count). The number of anilines is 1. The predicted molar refractivity (Wildman–Crippen MR) is 101 cm³/mol. The monoisotopic (exact) mass is 387 g/mol. The number of urea groups is 1. The zero-order valence-electron chi connectivity index (χ0n) is 14.9. The maximum Gasteiger partial charge on any atom is 0.346 e. The standard InChI is InChI=1S/C21H13N3O5/c25-18(14-8-2-1-3-9-14)24-20(27)19(26)23(21(24)28)15-10-4-5-11-16(15)29-17-12-6-7-13-22-17/h1-13H. The van der Waals surface area contributed by atoms with Gasteiger partial charge in [-0.15, -0.1) is 0 Å². The number of imide groups is 4. The third-order valence-corrected chi connectivity index (χ3v) is 4.15. The predicted octanol–water partition coefficient (Wildman–Crippen LogP) is 3.01. The normalized spacial score (nSPS) is 13.7. The molecule has 2 heterocycles. The van der Waals surface area contributed by atoms with Gasteiger partial charge >= 0.3 is 17.8 Å². The van der Waals surface area contributed by atoms with Gasteiger partial charge in [0.05, 0.1) is 5.69 Å². The van der Waals surface area contributed by atoms with Crippen LogP contribution in [0.25, 0.3) is 0 Å². The summed E-state index contributed by atoms with van der Waals surface area (Å²) in [6.45, 7) is 0. The smallest absolute Gasteiger partial charge is 0.346 e. The fraction of sp³-hybridized carbons (Fsp3) is 0. The molecule has 1 saturated heterocycles. The zero-order chi connectivity index (χ0) is 20.4. The second kappa shape index (κ2) is 7.35. The van der Waals surface area contributed by atoms with Gasteiger partial charge in [-0.05, 0) is 30.3 Å².